The zero-order chi connectivity index (χ0) is 25.9. The van der Waals surface area contributed by atoms with Gasteiger partial charge in [0.2, 0.25) is 0 Å². The van der Waals surface area contributed by atoms with E-state index in [0.29, 0.717) is 12.1 Å². The van der Waals surface area contributed by atoms with Gasteiger partial charge >= 0.3 is 0 Å². The molecule has 0 spiro atoms. The molecular formula is C32H31N3O2. The topological polar surface area (TPSA) is 63.5 Å². The van der Waals surface area contributed by atoms with Gasteiger partial charge in [0.05, 0.1) is 12.2 Å². The van der Waals surface area contributed by atoms with Crippen LogP contribution in [0.1, 0.15) is 39.5 Å². The van der Waals surface area contributed by atoms with Crippen LogP contribution in [0.2, 0.25) is 0 Å². The third kappa shape index (κ3) is 5.36. The van der Waals surface area contributed by atoms with Crippen molar-refractivity contribution in [2.45, 2.75) is 13.8 Å². The molecule has 5 rings (SSSR count). The van der Waals surface area contributed by atoms with Crippen molar-refractivity contribution in [2.75, 3.05) is 20.6 Å². The Labute approximate surface area is 218 Å². The number of dihydropyridines is 1. The van der Waals surface area contributed by atoms with Crippen LogP contribution < -0.4 is 15.4 Å². The molecule has 2 aliphatic rings. The second-order valence-corrected chi connectivity index (χ2v) is 9.51. The minimum atomic E-state index is 0.00801. The Bertz CT molecular complexity index is 1470. The van der Waals surface area contributed by atoms with Crippen LogP contribution in [0, 0.1) is 6.92 Å². The number of amides is 1. The summed E-state index contributed by atoms with van der Waals surface area (Å²) in [5, 5.41) is 6.41. The van der Waals surface area contributed by atoms with Crippen LogP contribution in [0.3, 0.4) is 0 Å². The van der Waals surface area contributed by atoms with Gasteiger partial charge < -0.3 is 20.3 Å². The lowest BCUT2D eigenvalue weighted by atomic mass is 9.93. The molecule has 0 unspecified atom stereocenters. The standard InChI is InChI=1S/C32H31N3O2/c1-21(23-10-12-24(13-11-23)32(36)35(3)4)17-25-7-5-9-28(22(25)2)26-14-15-31(29(18-26)30-20-34-30)37-27-8-6-16-33-19-27/h5-18,20,33-34H,19H2,1-4H3/b21-17+. The first-order chi connectivity index (χ1) is 17.9. The van der Waals surface area contributed by atoms with E-state index in [0.717, 1.165) is 39.5 Å². The summed E-state index contributed by atoms with van der Waals surface area (Å²) < 4.78 is 6.20. The van der Waals surface area contributed by atoms with Crippen LogP contribution in [0.15, 0.2) is 91.0 Å². The van der Waals surface area contributed by atoms with E-state index < -0.39 is 0 Å². The van der Waals surface area contributed by atoms with E-state index in [2.05, 4.69) is 67.0 Å². The average Bonchev–Trinajstić information content (AvgIpc) is 3.76. The SMILES string of the molecule is C/C(=C\c1cccc(-c2ccc(OC3=CC=CNC3)c(C3=CN3)c2)c1C)c1ccc(C(=O)N(C)C)cc1. The number of carbonyl (C=O) groups excluding carboxylic acids is 1. The van der Waals surface area contributed by atoms with E-state index in [-0.39, 0.29) is 5.91 Å². The van der Waals surface area contributed by atoms with Gasteiger partial charge in [-0.3, -0.25) is 4.79 Å². The lowest BCUT2D eigenvalue weighted by Gasteiger charge is -2.16. The van der Waals surface area contributed by atoms with E-state index >= 15 is 0 Å². The molecule has 2 aliphatic heterocycles. The number of rotatable bonds is 7. The summed E-state index contributed by atoms with van der Waals surface area (Å²) in [5.74, 6) is 1.73. The fourth-order valence-electron chi connectivity index (χ4n) is 4.41. The predicted molar refractivity (Wildman–Crippen MR) is 152 cm³/mol. The molecule has 0 aromatic heterocycles. The summed E-state index contributed by atoms with van der Waals surface area (Å²) >= 11 is 0. The van der Waals surface area contributed by atoms with Gasteiger partial charge in [-0.05, 0) is 89.9 Å². The summed E-state index contributed by atoms with van der Waals surface area (Å²) in [6.07, 6.45) is 10.0. The van der Waals surface area contributed by atoms with Crippen molar-refractivity contribution < 1.29 is 9.53 Å². The minimum absolute atomic E-state index is 0.00801. The Kier molecular flexibility index (Phi) is 6.69. The lowest BCUT2D eigenvalue weighted by Crippen LogP contribution is -2.21. The van der Waals surface area contributed by atoms with Gasteiger partial charge in [0.25, 0.3) is 5.91 Å². The van der Waals surface area contributed by atoms with Crippen molar-refractivity contribution in [3.05, 3.63) is 119 Å². The summed E-state index contributed by atoms with van der Waals surface area (Å²) in [5.41, 5.74) is 9.77. The third-order valence-electron chi connectivity index (χ3n) is 6.62. The number of ether oxygens (including phenoxy) is 1. The van der Waals surface area contributed by atoms with Gasteiger partial charge in [-0.1, -0.05) is 42.5 Å². The maximum absolute atomic E-state index is 12.2. The smallest absolute Gasteiger partial charge is 0.253 e. The van der Waals surface area contributed by atoms with Crippen molar-refractivity contribution in [1.29, 1.82) is 0 Å². The molecule has 0 fully saturated rings. The van der Waals surface area contributed by atoms with E-state index in [1.165, 1.54) is 16.7 Å². The molecule has 0 saturated carbocycles. The zero-order valence-corrected chi connectivity index (χ0v) is 21.6. The highest BCUT2D eigenvalue weighted by molar-refractivity contribution is 5.94. The lowest BCUT2D eigenvalue weighted by molar-refractivity contribution is 0.0827. The molecule has 0 saturated heterocycles. The minimum Gasteiger partial charge on any atom is -0.459 e. The molecule has 5 nitrogen and oxygen atoms in total. The quantitative estimate of drug-likeness (QED) is 0.388. The first-order valence-electron chi connectivity index (χ1n) is 12.4. The number of benzene rings is 3. The highest BCUT2D eigenvalue weighted by atomic mass is 16.5. The van der Waals surface area contributed by atoms with Crippen molar-refractivity contribution in [3.8, 4) is 16.9 Å². The van der Waals surface area contributed by atoms with E-state index in [1.54, 1.807) is 19.0 Å². The van der Waals surface area contributed by atoms with Gasteiger partial charge in [0.15, 0.2) is 0 Å². The van der Waals surface area contributed by atoms with Crippen LogP contribution in [-0.2, 0) is 0 Å². The molecule has 3 aromatic carbocycles. The van der Waals surface area contributed by atoms with Gasteiger partial charge in [0, 0.05) is 31.4 Å². The number of carbonyl (C=O) groups is 1. The average molecular weight is 490 g/mol. The predicted octanol–water partition coefficient (Wildman–Crippen LogP) is 6.21. The Morgan fingerprint density at radius 3 is 2.43 bits per heavy atom. The molecule has 0 atom stereocenters. The molecule has 2 heterocycles. The monoisotopic (exact) mass is 489 g/mol. The maximum atomic E-state index is 12.2. The fourth-order valence-corrected chi connectivity index (χ4v) is 4.41. The normalized spacial score (nSPS) is 14.2. The summed E-state index contributed by atoms with van der Waals surface area (Å²) in [4.78, 5) is 13.8. The Hall–Kier alpha value is -4.51. The van der Waals surface area contributed by atoms with Crippen molar-refractivity contribution in [2.24, 2.45) is 0 Å². The van der Waals surface area contributed by atoms with Gasteiger partial charge in [0.1, 0.15) is 11.5 Å². The van der Waals surface area contributed by atoms with E-state index in [9.17, 15) is 4.79 Å². The third-order valence-corrected chi connectivity index (χ3v) is 6.62. The number of allylic oxidation sites excluding steroid dienone is 3. The Morgan fingerprint density at radius 2 is 1.76 bits per heavy atom. The Morgan fingerprint density at radius 1 is 1.00 bits per heavy atom. The number of nitrogens with zero attached hydrogens (tertiary/aromatic N) is 1. The van der Waals surface area contributed by atoms with Crippen LogP contribution in [0.25, 0.3) is 28.5 Å². The summed E-state index contributed by atoms with van der Waals surface area (Å²) in [6.45, 7) is 4.94. The van der Waals surface area contributed by atoms with E-state index in [1.807, 2.05) is 48.8 Å². The molecular weight excluding hydrogens is 458 g/mol. The first kappa shape index (κ1) is 24.2. The second kappa shape index (κ2) is 10.2. The second-order valence-electron chi connectivity index (χ2n) is 9.51. The fraction of sp³-hybridized carbons (Fsp3) is 0.156. The highest BCUT2D eigenvalue weighted by Crippen LogP contribution is 2.36. The molecule has 2 N–H and O–H groups in total. The van der Waals surface area contributed by atoms with Crippen LogP contribution >= 0.6 is 0 Å². The van der Waals surface area contributed by atoms with E-state index in [4.69, 9.17) is 4.74 Å². The maximum Gasteiger partial charge on any atom is 0.253 e. The first-order valence-corrected chi connectivity index (χ1v) is 12.4. The van der Waals surface area contributed by atoms with Crippen LogP contribution in [0.4, 0.5) is 0 Å². The van der Waals surface area contributed by atoms with Gasteiger partial charge in [-0.25, -0.2) is 0 Å². The van der Waals surface area contributed by atoms with Gasteiger partial charge in [-0.15, -0.1) is 0 Å². The molecule has 0 aliphatic carbocycles. The summed E-state index contributed by atoms with van der Waals surface area (Å²) in [6, 6.07) is 20.6. The molecule has 3 aromatic rings. The largest absolute Gasteiger partial charge is 0.459 e. The molecule has 5 heteroatoms. The highest BCUT2D eigenvalue weighted by Gasteiger charge is 2.19. The molecule has 1 amide bonds. The molecule has 186 valence electrons. The number of nitrogens with one attached hydrogen (secondary N) is 2. The summed E-state index contributed by atoms with van der Waals surface area (Å²) in [7, 11) is 3.53. The van der Waals surface area contributed by atoms with Crippen LogP contribution in [-0.4, -0.2) is 31.4 Å². The van der Waals surface area contributed by atoms with Gasteiger partial charge in [-0.2, -0.15) is 0 Å². The Balaban J connectivity index is 1.43. The number of hydrogen-bond donors (Lipinski definition) is 2. The van der Waals surface area contributed by atoms with Crippen LogP contribution in [0.5, 0.6) is 5.75 Å². The molecule has 0 bridgehead atoms. The zero-order valence-electron chi connectivity index (χ0n) is 21.6. The molecule has 37 heavy (non-hydrogen) atoms. The van der Waals surface area contributed by atoms with Crippen molar-refractivity contribution in [3.63, 3.8) is 0 Å². The number of hydrogen-bond acceptors (Lipinski definition) is 4. The van der Waals surface area contributed by atoms with Crippen molar-refractivity contribution >= 4 is 23.3 Å². The molecule has 0 radical (unpaired) electrons. The van der Waals surface area contributed by atoms with Crippen molar-refractivity contribution in [1.82, 2.24) is 15.5 Å².